The molecule has 0 heterocycles. The molecule has 0 amide bonds. The van der Waals surface area contributed by atoms with Gasteiger partial charge in [-0.25, -0.2) is 0 Å². The van der Waals surface area contributed by atoms with Crippen LogP contribution in [0, 0.1) is 6.92 Å². The zero-order valence-electron chi connectivity index (χ0n) is 7.47. The molecule has 0 radical (unpaired) electrons. The van der Waals surface area contributed by atoms with E-state index in [1.165, 1.54) is 0 Å². The first-order valence-corrected chi connectivity index (χ1v) is 4.54. The first-order chi connectivity index (χ1) is 5.65. The van der Waals surface area contributed by atoms with E-state index >= 15 is 0 Å². The summed E-state index contributed by atoms with van der Waals surface area (Å²) in [6.45, 7) is 4.06. The second-order valence-corrected chi connectivity index (χ2v) is 3.43. The van der Waals surface area contributed by atoms with E-state index in [9.17, 15) is 0 Å². The number of nitrogens with two attached hydrogens (primary N) is 1. The topological polar surface area (TPSA) is 26.0 Å². The van der Waals surface area contributed by atoms with Crippen LogP contribution in [0.4, 0.5) is 0 Å². The third-order valence-electron chi connectivity index (χ3n) is 2.06. The highest BCUT2D eigenvalue weighted by atomic mass is 35.5. The monoisotopic (exact) mass is 183 g/mol. The van der Waals surface area contributed by atoms with Crippen LogP contribution in [0.15, 0.2) is 18.2 Å². The van der Waals surface area contributed by atoms with Crippen LogP contribution in [-0.2, 0) is 0 Å². The highest BCUT2D eigenvalue weighted by Crippen LogP contribution is 2.21. The van der Waals surface area contributed by atoms with E-state index in [-0.39, 0.29) is 6.04 Å². The molecule has 1 aromatic carbocycles. The largest absolute Gasteiger partial charge is 0.324 e. The van der Waals surface area contributed by atoms with E-state index in [0.29, 0.717) is 0 Å². The molecule has 0 saturated carbocycles. The van der Waals surface area contributed by atoms with Gasteiger partial charge >= 0.3 is 0 Å². The summed E-state index contributed by atoms with van der Waals surface area (Å²) in [5.41, 5.74) is 8.07. The smallest absolute Gasteiger partial charge is 0.0438 e. The lowest BCUT2D eigenvalue weighted by molar-refractivity contribution is 0.698. The predicted octanol–water partition coefficient (Wildman–Crippen LogP) is 3.06. The van der Waals surface area contributed by atoms with Crippen LogP contribution in [0.2, 0.25) is 5.02 Å². The molecule has 0 fully saturated rings. The molecule has 0 saturated heterocycles. The third kappa shape index (κ3) is 1.99. The van der Waals surface area contributed by atoms with Gasteiger partial charge in [-0.2, -0.15) is 0 Å². The second kappa shape index (κ2) is 3.92. The van der Waals surface area contributed by atoms with Gasteiger partial charge in [0.15, 0.2) is 0 Å². The molecule has 1 atom stereocenters. The minimum absolute atomic E-state index is 0.114. The van der Waals surface area contributed by atoms with Crippen LogP contribution in [0.25, 0.3) is 0 Å². The average molecular weight is 184 g/mol. The summed E-state index contributed by atoms with van der Waals surface area (Å²) in [5, 5.41) is 0.802. The quantitative estimate of drug-likeness (QED) is 0.750. The summed E-state index contributed by atoms with van der Waals surface area (Å²) in [5.74, 6) is 0. The van der Waals surface area contributed by atoms with Gasteiger partial charge < -0.3 is 5.73 Å². The maximum Gasteiger partial charge on any atom is 0.0438 e. The molecule has 0 aliphatic rings. The lowest BCUT2D eigenvalue weighted by Gasteiger charge is -2.09. The fraction of sp³-hybridized carbons (Fsp3) is 0.400. The molecule has 1 rings (SSSR count). The summed E-state index contributed by atoms with van der Waals surface area (Å²) in [6.07, 6.45) is 0.944. The normalized spacial score (nSPS) is 13.0. The molecule has 1 unspecified atom stereocenters. The van der Waals surface area contributed by atoms with Gasteiger partial charge in [-0.3, -0.25) is 0 Å². The van der Waals surface area contributed by atoms with Gasteiger partial charge in [0.2, 0.25) is 0 Å². The third-order valence-corrected chi connectivity index (χ3v) is 2.47. The molecule has 0 aliphatic heterocycles. The molecule has 0 aliphatic carbocycles. The van der Waals surface area contributed by atoms with Crippen molar-refractivity contribution in [1.82, 2.24) is 0 Å². The summed E-state index contributed by atoms with van der Waals surface area (Å²) in [6, 6.07) is 6.11. The number of hydrogen-bond acceptors (Lipinski definition) is 1. The van der Waals surface area contributed by atoms with Gasteiger partial charge in [-0.05, 0) is 30.5 Å². The van der Waals surface area contributed by atoms with Crippen LogP contribution < -0.4 is 5.73 Å². The minimum Gasteiger partial charge on any atom is -0.324 e. The molecule has 66 valence electrons. The number of halogens is 1. The molecule has 1 nitrogen and oxygen atoms in total. The molecular weight excluding hydrogens is 170 g/mol. The number of benzene rings is 1. The van der Waals surface area contributed by atoms with Crippen molar-refractivity contribution in [3.8, 4) is 0 Å². The van der Waals surface area contributed by atoms with Crippen LogP contribution >= 0.6 is 11.6 Å². The van der Waals surface area contributed by atoms with Crippen molar-refractivity contribution in [2.45, 2.75) is 26.3 Å². The number of aryl methyl sites for hydroxylation is 1. The maximum atomic E-state index is 5.96. The Balaban J connectivity index is 2.96. The summed E-state index contributed by atoms with van der Waals surface area (Å²) in [4.78, 5) is 0. The van der Waals surface area contributed by atoms with Crippen molar-refractivity contribution in [2.75, 3.05) is 0 Å². The molecule has 2 heteroatoms. The summed E-state index contributed by atoms with van der Waals surface area (Å²) >= 11 is 5.96. The van der Waals surface area contributed by atoms with Crippen LogP contribution in [0.5, 0.6) is 0 Å². The Morgan fingerprint density at radius 3 is 2.67 bits per heavy atom. The average Bonchev–Trinajstić information content (AvgIpc) is 2.08. The van der Waals surface area contributed by atoms with Gasteiger partial charge in [-0.15, -0.1) is 0 Å². The number of rotatable bonds is 2. The van der Waals surface area contributed by atoms with Crippen molar-refractivity contribution in [3.63, 3.8) is 0 Å². The van der Waals surface area contributed by atoms with Crippen molar-refractivity contribution in [1.29, 1.82) is 0 Å². The molecule has 1 aromatic rings. The first-order valence-electron chi connectivity index (χ1n) is 4.16. The Kier molecular flexibility index (Phi) is 3.12. The SMILES string of the molecule is CCC(N)c1ccc(C)c(Cl)c1. The van der Waals surface area contributed by atoms with Gasteiger partial charge in [-0.1, -0.05) is 30.7 Å². The Bertz CT molecular complexity index is 271. The lowest BCUT2D eigenvalue weighted by Crippen LogP contribution is -2.08. The number of hydrogen-bond donors (Lipinski definition) is 1. The van der Waals surface area contributed by atoms with Crippen molar-refractivity contribution in [3.05, 3.63) is 34.3 Å². The van der Waals surface area contributed by atoms with Crippen molar-refractivity contribution in [2.24, 2.45) is 5.73 Å². The van der Waals surface area contributed by atoms with Gasteiger partial charge in [0.25, 0.3) is 0 Å². The highest BCUT2D eigenvalue weighted by Gasteiger charge is 2.04. The molecule has 0 aromatic heterocycles. The predicted molar refractivity (Wildman–Crippen MR) is 53.4 cm³/mol. The molecule has 0 bridgehead atoms. The molecule has 2 N–H and O–H groups in total. The van der Waals surface area contributed by atoms with Crippen LogP contribution in [0.1, 0.15) is 30.5 Å². The fourth-order valence-corrected chi connectivity index (χ4v) is 1.26. The van der Waals surface area contributed by atoms with E-state index in [2.05, 4.69) is 6.92 Å². The Morgan fingerprint density at radius 1 is 1.50 bits per heavy atom. The second-order valence-electron chi connectivity index (χ2n) is 3.02. The van der Waals surface area contributed by atoms with E-state index in [1.54, 1.807) is 0 Å². The zero-order valence-corrected chi connectivity index (χ0v) is 8.23. The van der Waals surface area contributed by atoms with Gasteiger partial charge in [0, 0.05) is 11.1 Å². The molecule has 0 spiro atoms. The van der Waals surface area contributed by atoms with E-state index in [4.69, 9.17) is 17.3 Å². The van der Waals surface area contributed by atoms with Gasteiger partial charge in [0.05, 0.1) is 0 Å². The van der Waals surface area contributed by atoms with E-state index in [0.717, 1.165) is 22.6 Å². The standard InChI is InChI=1S/C10H14ClN/c1-3-10(12)8-5-4-7(2)9(11)6-8/h4-6,10H,3,12H2,1-2H3. The molecule has 12 heavy (non-hydrogen) atoms. The van der Waals surface area contributed by atoms with Crippen molar-refractivity contribution >= 4 is 11.6 Å². The van der Waals surface area contributed by atoms with Crippen LogP contribution in [0.3, 0.4) is 0 Å². The minimum atomic E-state index is 0.114. The highest BCUT2D eigenvalue weighted by molar-refractivity contribution is 6.31. The Labute approximate surface area is 78.5 Å². The zero-order chi connectivity index (χ0) is 9.14. The van der Waals surface area contributed by atoms with E-state index in [1.807, 2.05) is 25.1 Å². The lowest BCUT2D eigenvalue weighted by atomic mass is 10.0. The maximum absolute atomic E-state index is 5.96. The first kappa shape index (κ1) is 9.56. The Morgan fingerprint density at radius 2 is 2.17 bits per heavy atom. The van der Waals surface area contributed by atoms with Gasteiger partial charge in [0.1, 0.15) is 0 Å². The van der Waals surface area contributed by atoms with E-state index < -0.39 is 0 Å². The fourth-order valence-electron chi connectivity index (χ4n) is 1.08. The Hall–Kier alpha value is -0.530. The molecular formula is C10H14ClN. The summed E-state index contributed by atoms with van der Waals surface area (Å²) in [7, 11) is 0. The van der Waals surface area contributed by atoms with Crippen LogP contribution in [-0.4, -0.2) is 0 Å². The van der Waals surface area contributed by atoms with Crippen molar-refractivity contribution < 1.29 is 0 Å². The summed E-state index contributed by atoms with van der Waals surface area (Å²) < 4.78 is 0.